The highest BCUT2D eigenvalue weighted by atomic mass is 16.5. The Hall–Kier alpha value is -2.57. The standard InChI is InChI=1S/C16H22N4O3/c1-5-22-16(21)18-13-8-6-7-12(11(13)4)17-9-14-19-15(10(2)3)20-23-14/h6-8,10,17H,5,9H2,1-4H3,(H,18,21). The Bertz CT molecular complexity index is 667. The maximum Gasteiger partial charge on any atom is 0.411 e. The van der Waals surface area contributed by atoms with E-state index in [-0.39, 0.29) is 5.92 Å². The number of nitrogens with one attached hydrogen (secondary N) is 2. The fourth-order valence-electron chi connectivity index (χ4n) is 1.98. The number of rotatable bonds is 6. The summed E-state index contributed by atoms with van der Waals surface area (Å²) in [5, 5.41) is 9.88. The molecular weight excluding hydrogens is 296 g/mol. The molecule has 0 aliphatic carbocycles. The summed E-state index contributed by atoms with van der Waals surface area (Å²) < 4.78 is 10.1. The molecular formula is C16H22N4O3. The van der Waals surface area contributed by atoms with E-state index in [1.807, 2.05) is 39.0 Å². The van der Waals surface area contributed by atoms with Gasteiger partial charge >= 0.3 is 6.09 Å². The second-order valence-corrected chi connectivity index (χ2v) is 5.38. The van der Waals surface area contributed by atoms with Crippen LogP contribution in [-0.2, 0) is 11.3 Å². The number of benzene rings is 1. The van der Waals surface area contributed by atoms with Crippen LogP contribution >= 0.6 is 0 Å². The van der Waals surface area contributed by atoms with Crippen molar-refractivity contribution >= 4 is 17.5 Å². The van der Waals surface area contributed by atoms with Gasteiger partial charge in [-0.2, -0.15) is 4.98 Å². The van der Waals surface area contributed by atoms with E-state index in [1.54, 1.807) is 6.92 Å². The molecule has 0 aliphatic rings. The average Bonchev–Trinajstić information content (AvgIpc) is 2.97. The first-order valence-corrected chi connectivity index (χ1v) is 7.61. The summed E-state index contributed by atoms with van der Waals surface area (Å²) in [6, 6.07) is 5.59. The van der Waals surface area contributed by atoms with Crippen molar-refractivity contribution < 1.29 is 14.1 Å². The van der Waals surface area contributed by atoms with E-state index in [9.17, 15) is 4.79 Å². The minimum absolute atomic E-state index is 0.228. The maximum absolute atomic E-state index is 11.5. The van der Waals surface area contributed by atoms with Gasteiger partial charge in [0.1, 0.15) is 0 Å². The average molecular weight is 318 g/mol. The van der Waals surface area contributed by atoms with Crippen LogP contribution < -0.4 is 10.6 Å². The molecule has 7 heteroatoms. The molecule has 1 amide bonds. The molecule has 0 saturated carbocycles. The first kappa shape index (κ1) is 16.8. The highest BCUT2D eigenvalue weighted by Gasteiger charge is 2.11. The molecule has 2 aromatic rings. The van der Waals surface area contributed by atoms with E-state index in [0.717, 1.165) is 11.3 Å². The Kier molecular flexibility index (Phi) is 5.56. The van der Waals surface area contributed by atoms with Crippen LogP contribution in [0.25, 0.3) is 0 Å². The van der Waals surface area contributed by atoms with Gasteiger partial charge < -0.3 is 14.6 Å². The number of carbonyl (C=O) groups is 1. The van der Waals surface area contributed by atoms with Crippen LogP contribution in [0.15, 0.2) is 22.7 Å². The predicted molar refractivity (Wildman–Crippen MR) is 87.5 cm³/mol. The summed E-state index contributed by atoms with van der Waals surface area (Å²) in [7, 11) is 0. The lowest BCUT2D eigenvalue weighted by atomic mass is 10.1. The van der Waals surface area contributed by atoms with Crippen molar-refractivity contribution in [3.63, 3.8) is 0 Å². The second-order valence-electron chi connectivity index (χ2n) is 5.38. The molecule has 0 unspecified atom stereocenters. The predicted octanol–water partition coefficient (Wildman–Crippen LogP) is 3.68. The van der Waals surface area contributed by atoms with Crippen LogP contribution in [0.4, 0.5) is 16.2 Å². The smallest absolute Gasteiger partial charge is 0.411 e. The van der Waals surface area contributed by atoms with E-state index < -0.39 is 6.09 Å². The molecule has 1 aromatic carbocycles. The lowest BCUT2D eigenvalue weighted by Gasteiger charge is -2.13. The molecule has 0 aliphatic heterocycles. The van der Waals surface area contributed by atoms with Crippen LogP contribution in [0, 0.1) is 6.92 Å². The molecule has 124 valence electrons. The molecule has 1 aromatic heterocycles. The molecule has 0 spiro atoms. The Balaban J connectivity index is 2.03. The number of nitrogens with zero attached hydrogens (tertiary/aromatic N) is 2. The molecule has 0 radical (unpaired) electrons. The third kappa shape index (κ3) is 4.45. The van der Waals surface area contributed by atoms with Crippen LogP contribution in [0.3, 0.4) is 0 Å². The van der Waals surface area contributed by atoms with Crippen molar-refractivity contribution in [2.75, 3.05) is 17.2 Å². The normalized spacial score (nSPS) is 10.7. The van der Waals surface area contributed by atoms with Crippen molar-refractivity contribution in [3.8, 4) is 0 Å². The first-order valence-electron chi connectivity index (χ1n) is 7.61. The third-order valence-electron chi connectivity index (χ3n) is 3.28. The van der Waals surface area contributed by atoms with Crippen molar-refractivity contribution in [2.24, 2.45) is 0 Å². The van der Waals surface area contributed by atoms with Gasteiger partial charge in [-0.25, -0.2) is 4.79 Å². The number of carbonyl (C=O) groups excluding carboxylic acids is 1. The maximum atomic E-state index is 11.5. The van der Waals surface area contributed by atoms with Crippen molar-refractivity contribution in [1.82, 2.24) is 10.1 Å². The molecule has 0 bridgehead atoms. The molecule has 0 atom stereocenters. The Labute approximate surface area is 135 Å². The highest BCUT2D eigenvalue weighted by molar-refractivity contribution is 5.87. The van der Waals surface area contributed by atoms with E-state index in [0.29, 0.717) is 30.6 Å². The highest BCUT2D eigenvalue weighted by Crippen LogP contribution is 2.24. The van der Waals surface area contributed by atoms with Gasteiger partial charge in [0.2, 0.25) is 5.89 Å². The fraction of sp³-hybridized carbons (Fsp3) is 0.438. The Morgan fingerprint density at radius 2 is 2.09 bits per heavy atom. The van der Waals surface area contributed by atoms with Crippen molar-refractivity contribution in [3.05, 3.63) is 35.5 Å². The zero-order valence-electron chi connectivity index (χ0n) is 13.8. The zero-order valence-corrected chi connectivity index (χ0v) is 13.8. The van der Waals surface area contributed by atoms with Gasteiger partial charge in [0, 0.05) is 17.3 Å². The monoisotopic (exact) mass is 318 g/mol. The van der Waals surface area contributed by atoms with Crippen LogP contribution in [0.2, 0.25) is 0 Å². The summed E-state index contributed by atoms with van der Waals surface area (Å²) in [4.78, 5) is 15.9. The number of hydrogen-bond donors (Lipinski definition) is 2. The van der Waals surface area contributed by atoms with Crippen LogP contribution in [-0.4, -0.2) is 22.8 Å². The summed E-state index contributed by atoms with van der Waals surface area (Å²) in [5.74, 6) is 1.44. The van der Waals surface area contributed by atoms with Gasteiger partial charge in [-0.3, -0.25) is 5.32 Å². The topological polar surface area (TPSA) is 89.3 Å². The molecule has 23 heavy (non-hydrogen) atoms. The zero-order chi connectivity index (χ0) is 16.8. The fourth-order valence-corrected chi connectivity index (χ4v) is 1.98. The Morgan fingerprint density at radius 3 is 2.74 bits per heavy atom. The van der Waals surface area contributed by atoms with E-state index in [2.05, 4.69) is 20.8 Å². The lowest BCUT2D eigenvalue weighted by Crippen LogP contribution is -2.14. The quantitative estimate of drug-likeness (QED) is 0.844. The van der Waals surface area contributed by atoms with Gasteiger partial charge in [0.05, 0.1) is 13.2 Å². The van der Waals surface area contributed by atoms with E-state index in [4.69, 9.17) is 9.26 Å². The number of anilines is 2. The van der Waals surface area contributed by atoms with Crippen molar-refractivity contribution in [2.45, 2.75) is 40.2 Å². The van der Waals surface area contributed by atoms with Gasteiger partial charge in [0.15, 0.2) is 5.82 Å². The molecule has 7 nitrogen and oxygen atoms in total. The molecule has 0 fully saturated rings. The number of ether oxygens (including phenoxy) is 1. The van der Waals surface area contributed by atoms with Gasteiger partial charge in [-0.05, 0) is 31.5 Å². The summed E-state index contributed by atoms with van der Waals surface area (Å²) in [5.41, 5.74) is 2.48. The van der Waals surface area contributed by atoms with Gasteiger partial charge in [-0.1, -0.05) is 25.1 Å². The molecule has 2 rings (SSSR count). The molecule has 1 heterocycles. The van der Waals surface area contributed by atoms with E-state index in [1.165, 1.54) is 0 Å². The number of amides is 1. The number of hydrogen-bond acceptors (Lipinski definition) is 6. The van der Waals surface area contributed by atoms with Crippen molar-refractivity contribution in [1.29, 1.82) is 0 Å². The van der Waals surface area contributed by atoms with Crippen LogP contribution in [0.5, 0.6) is 0 Å². The first-order chi connectivity index (χ1) is 11.0. The van der Waals surface area contributed by atoms with Gasteiger partial charge in [0.25, 0.3) is 0 Å². The van der Waals surface area contributed by atoms with E-state index >= 15 is 0 Å². The molecule has 2 N–H and O–H groups in total. The summed E-state index contributed by atoms with van der Waals surface area (Å²) >= 11 is 0. The molecule has 0 saturated heterocycles. The minimum Gasteiger partial charge on any atom is -0.450 e. The SMILES string of the molecule is CCOC(=O)Nc1cccc(NCc2nc(C(C)C)no2)c1C. The largest absolute Gasteiger partial charge is 0.450 e. The lowest BCUT2D eigenvalue weighted by molar-refractivity contribution is 0.168. The second kappa shape index (κ2) is 7.62. The third-order valence-corrected chi connectivity index (χ3v) is 3.28. The summed E-state index contributed by atoms with van der Waals surface area (Å²) in [6.07, 6.45) is -0.466. The number of aromatic nitrogens is 2. The summed E-state index contributed by atoms with van der Waals surface area (Å²) in [6.45, 7) is 8.45. The minimum atomic E-state index is -0.466. The van der Waals surface area contributed by atoms with Crippen LogP contribution in [0.1, 0.15) is 44.0 Å². The van der Waals surface area contributed by atoms with Gasteiger partial charge in [-0.15, -0.1) is 0 Å². The Morgan fingerprint density at radius 1 is 1.35 bits per heavy atom.